The van der Waals surface area contributed by atoms with Crippen LogP contribution in [0.4, 0.5) is 0 Å². The van der Waals surface area contributed by atoms with Crippen LogP contribution in [0.2, 0.25) is 0 Å². The summed E-state index contributed by atoms with van der Waals surface area (Å²) in [6.07, 6.45) is 3.98. The number of pyridine rings is 1. The van der Waals surface area contributed by atoms with Gasteiger partial charge in [0.2, 0.25) is 0 Å². The summed E-state index contributed by atoms with van der Waals surface area (Å²) in [6, 6.07) is 14.8. The zero-order valence-corrected chi connectivity index (χ0v) is 13.3. The van der Waals surface area contributed by atoms with Crippen LogP contribution in [0.3, 0.4) is 0 Å². The molecule has 2 heteroatoms. The lowest BCUT2D eigenvalue weighted by Crippen LogP contribution is -1.94. The van der Waals surface area contributed by atoms with Gasteiger partial charge in [0.15, 0.2) is 6.29 Å². The Hall–Kier alpha value is -2.35. The number of carbonyl (C=O) groups is 1. The average molecular weight is 291 g/mol. The van der Waals surface area contributed by atoms with Crippen LogP contribution in [0.5, 0.6) is 0 Å². The normalized spacial score (nSPS) is 11.3. The number of hydrogen-bond donors (Lipinski definition) is 0. The Labute approximate surface area is 131 Å². The maximum Gasteiger partial charge on any atom is 0.167 e. The summed E-state index contributed by atoms with van der Waals surface area (Å²) < 4.78 is 2.00. The van der Waals surface area contributed by atoms with Crippen molar-refractivity contribution in [2.24, 2.45) is 0 Å². The van der Waals surface area contributed by atoms with E-state index in [-0.39, 0.29) is 0 Å². The van der Waals surface area contributed by atoms with Crippen LogP contribution in [0.25, 0.3) is 16.6 Å². The SMILES string of the molecule is CCc1ccc2cc(-c3ccc(C(C)C)cc3)c(C=O)n2c1. The summed E-state index contributed by atoms with van der Waals surface area (Å²) >= 11 is 0. The van der Waals surface area contributed by atoms with Gasteiger partial charge in [-0.05, 0) is 41.2 Å². The Kier molecular flexibility index (Phi) is 3.84. The van der Waals surface area contributed by atoms with Crippen LogP contribution in [-0.2, 0) is 6.42 Å². The quantitative estimate of drug-likeness (QED) is 0.612. The topological polar surface area (TPSA) is 21.5 Å². The van der Waals surface area contributed by atoms with Crippen LogP contribution >= 0.6 is 0 Å². The van der Waals surface area contributed by atoms with Crippen LogP contribution in [0, 0.1) is 0 Å². The lowest BCUT2D eigenvalue weighted by molar-refractivity contribution is 0.111. The van der Waals surface area contributed by atoms with Crippen molar-refractivity contribution in [2.75, 3.05) is 0 Å². The van der Waals surface area contributed by atoms with Gasteiger partial charge in [-0.1, -0.05) is 51.1 Å². The molecule has 0 amide bonds. The van der Waals surface area contributed by atoms with Gasteiger partial charge in [0, 0.05) is 17.3 Å². The first-order valence-corrected chi connectivity index (χ1v) is 7.83. The molecule has 0 saturated carbocycles. The highest BCUT2D eigenvalue weighted by Crippen LogP contribution is 2.28. The van der Waals surface area contributed by atoms with Crippen molar-refractivity contribution in [1.82, 2.24) is 4.40 Å². The van der Waals surface area contributed by atoms with E-state index in [2.05, 4.69) is 69.4 Å². The largest absolute Gasteiger partial charge is 0.313 e. The van der Waals surface area contributed by atoms with E-state index < -0.39 is 0 Å². The summed E-state index contributed by atoms with van der Waals surface area (Å²) in [5.74, 6) is 0.514. The molecule has 0 saturated heterocycles. The molecule has 0 unspecified atom stereocenters. The molecule has 0 aliphatic heterocycles. The average Bonchev–Trinajstić information content (AvgIpc) is 2.92. The third-order valence-electron chi connectivity index (χ3n) is 4.28. The zero-order chi connectivity index (χ0) is 15.7. The van der Waals surface area contributed by atoms with Crippen LogP contribution < -0.4 is 0 Å². The van der Waals surface area contributed by atoms with E-state index in [4.69, 9.17) is 0 Å². The monoisotopic (exact) mass is 291 g/mol. The van der Waals surface area contributed by atoms with Gasteiger partial charge in [-0.25, -0.2) is 0 Å². The molecular formula is C20H21NO. The minimum atomic E-state index is 0.514. The van der Waals surface area contributed by atoms with E-state index in [9.17, 15) is 4.79 Å². The van der Waals surface area contributed by atoms with Gasteiger partial charge >= 0.3 is 0 Å². The molecule has 0 radical (unpaired) electrons. The number of aldehydes is 1. The Bertz CT molecular complexity index is 810. The minimum Gasteiger partial charge on any atom is -0.313 e. The molecule has 0 atom stereocenters. The van der Waals surface area contributed by atoms with Crippen molar-refractivity contribution >= 4 is 11.8 Å². The maximum atomic E-state index is 11.6. The van der Waals surface area contributed by atoms with Crippen molar-refractivity contribution in [3.63, 3.8) is 0 Å². The molecule has 1 aromatic carbocycles. The number of nitrogens with zero attached hydrogens (tertiary/aromatic N) is 1. The smallest absolute Gasteiger partial charge is 0.167 e. The predicted molar refractivity (Wildman–Crippen MR) is 91.7 cm³/mol. The number of benzene rings is 1. The molecule has 112 valence electrons. The third kappa shape index (κ3) is 2.45. The number of hydrogen-bond acceptors (Lipinski definition) is 1. The molecule has 2 aromatic heterocycles. The highest BCUT2D eigenvalue weighted by Gasteiger charge is 2.12. The molecule has 0 aliphatic rings. The van der Waals surface area contributed by atoms with Crippen molar-refractivity contribution in [3.05, 3.63) is 65.5 Å². The molecule has 0 N–H and O–H groups in total. The first kappa shape index (κ1) is 14.6. The van der Waals surface area contributed by atoms with Gasteiger partial charge in [-0.2, -0.15) is 0 Å². The van der Waals surface area contributed by atoms with Crippen molar-refractivity contribution < 1.29 is 4.79 Å². The molecular weight excluding hydrogens is 270 g/mol. The van der Waals surface area contributed by atoms with Crippen molar-refractivity contribution in [2.45, 2.75) is 33.1 Å². The molecule has 2 heterocycles. The highest BCUT2D eigenvalue weighted by atomic mass is 16.1. The third-order valence-corrected chi connectivity index (χ3v) is 4.28. The second kappa shape index (κ2) is 5.80. The first-order chi connectivity index (χ1) is 10.6. The summed E-state index contributed by atoms with van der Waals surface area (Å²) in [5, 5.41) is 0. The fraction of sp³-hybridized carbons (Fsp3) is 0.250. The molecule has 0 fully saturated rings. The second-order valence-corrected chi connectivity index (χ2v) is 6.02. The van der Waals surface area contributed by atoms with Gasteiger partial charge in [0.05, 0.1) is 5.69 Å². The Balaban J connectivity index is 2.15. The molecule has 3 rings (SSSR count). The van der Waals surface area contributed by atoms with E-state index in [0.29, 0.717) is 5.92 Å². The summed E-state index contributed by atoms with van der Waals surface area (Å²) in [6.45, 7) is 6.49. The molecule has 0 bridgehead atoms. The van der Waals surface area contributed by atoms with Gasteiger partial charge in [-0.15, -0.1) is 0 Å². The fourth-order valence-electron chi connectivity index (χ4n) is 2.84. The van der Waals surface area contributed by atoms with E-state index in [1.54, 1.807) is 0 Å². The summed E-state index contributed by atoms with van der Waals surface area (Å²) in [7, 11) is 0. The van der Waals surface area contributed by atoms with Gasteiger partial charge in [0.1, 0.15) is 0 Å². The number of aryl methyl sites for hydroxylation is 1. The van der Waals surface area contributed by atoms with Crippen LogP contribution in [0.15, 0.2) is 48.7 Å². The molecule has 0 spiro atoms. The van der Waals surface area contributed by atoms with E-state index in [0.717, 1.165) is 35.0 Å². The Morgan fingerprint density at radius 1 is 1.09 bits per heavy atom. The van der Waals surface area contributed by atoms with Crippen molar-refractivity contribution in [1.29, 1.82) is 0 Å². The van der Waals surface area contributed by atoms with E-state index in [1.165, 1.54) is 11.1 Å². The minimum absolute atomic E-state index is 0.514. The lowest BCUT2D eigenvalue weighted by Gasteiger charge is -2.07. The Morgan fingerprint density at radius 3 is 2.41 bits per heavy atom. The number of aromatic nitrogens is 1. The molecule has 22 heavy (non-hydrogen) atoms. The second-order valence-electron chi connectivity index (χ2n) is 6.02. The van der Waals surface area contributed by atoms with E-state index in [1.807, 2.05) is 4.40 Å². The van der Waals surface area contributed by atoms with E-state index >= 15 is 0 Å². The van der Waals surface area contributed by atoms with Gasteiger partial charge < -0.3 is 4.40 Å². The number of carbonyl (C=O) groups excluding carboxylic acids is 1. The lowest BCUT2D eigenvalue weighted by atomic mass is 9.99. The number of rotatable bonds is 4. The summed E-state index contributed by atoms with van der Waals surface area (Å²) in [5.41, 5.74) is 6.41. The van der Waals surface area contributed by atoms with Gasteiger partial charge in [-0.3, -0.25) is 4.79 Å². The van der Waals surface area contributed by atoms with Crippen LogP contribution in [-0.4, -0.2) is 10.7 Å². The highest BCUT2D eigenvalue weighted by molar-refractivity contribution is 5.89. The Morgan fingerprint density at radius 2 is 1.82 bits per heavy atom. The maximum absolute atomic E-state index is 11.6. The first-order valence-electron chi connectivity index (χ1n) is 7.83. The van der Waals surface area contributed by atoms with Crippen molar-refractivity contribution in [3.8, 4) is 11.1 Å². The zero-order valence-electron chi connectivity index (χ0n) is 13.3. The molecule has 0 aliphatic carbocycles. The molecule has 2 nitrogen and oxygen atoms in total. The predicted octanol–water partition coefficient (Wildman–Crippen LogP) is 5.10. The van der Waals surface area contributed by atoms with Crippen LogP contribution in [0.1, 0.15) is 48.3 Å². The van der Waals surface area contributed by atoms with Gasteiger partial charge in [0.25, 0.3) is 0 Å². The fourth-order valence-corrected chi connectivity index (χ4v) is 2.84. The standard InChI is InChI=1S/C20H21NO/c1-4-15-5-10-18-11-19(20(13-22)21(18)12-15)17-8-6-16(7-9-17)14(2)3/h5-14H,4H2,1-3H3. The molecule has 3 aromatic rings. The number of fused-ring (bicyclic) bond motifs is 1. The summed E-state index contributed by atoms with van der Waals surface area (Å²) in [4.78, 5) is 11.6.